The third-order valence-electron chi connectivity index (χ3n) is 2.66. The van der Waals surface area contributed by atoms with E-state index in [1.807, 2.05) is 12.3 Å². The Morgan fingerprint density at radius 3 is 3.33 bits per heavy atom. The highest BCUT2D eigenvalue weighted by Gasteiger charge is 2.24. The molecule has 2 atom stereocenters. The quantitative estimate of drug-likeness (QED) is 0.688. The molecule has 1 aliphatic heterocycles. The SMILES string of the molecule is CCC1C(C)CNc2ccnn21. The highest BCUT2D eigenvalue weighted by molar-refractivity contribution is 5.36. The summed E-state index contributed by atoms with van der Waals surface area (Å²) in [7, 11) is 0. The molecule has 66 valence electrons. The lowest BCUT2D eigenvalue weighted by Crippen LogP contribution is -2.30. The van der Waals surface area contributed by atoms with Gasteiger partial charge in [-0.1, -0.05) is 13.8 Å². The van der Waals surface area contributed by atoms with Crippen LogP contribution in [0.3, 0.4) is 0 Å². The summed E-state index contributed by atoms with van der Waals surface area (Å²) >= 11 is 0. The molecule has 12 heavy (non-hydrogen) atoms. The van der Waals surface area contributed by atoms with E-state index in [0.29, 0.717) is 12.0 Å². The molecule has 1 aromatic rings. The summed E-state index contributed by atoms with van der Waals surface area (Å²) in [6.45, 7) is 5.56. The maximum atomic E-state index is 4.31. The molecule has 1 aromatic heterocycles. The highest BCUT2D eigenvalue weighted by Crippen LogP contribution is 2.28. The molecule has 0 fully saturated rings. The van der Waals surface area contributed by atoms with Crippen LogP contribution in [0.1, 0.15) is 26.3 Å². The van der Waals surface area contributed by atoms with Gasteiger partial charge in [-0.05, 0) is 12.3 Å². The molecule has 0 bridgehead atoms. The molecule has 0 saturated carbocycles. The summed E-state index contributed by atoms with van der Waals surface area (Å²) in [4.78, 5) is 0. The second-order valence-electron chi connectivity index (χ2n) is 3.49. The van der Waals surface area contributed by atoms with Crippen molar-refractivity contribution >= 4 is 5.82 Å². The lowest BCUT2D eigenvalue weighted by atomic mass is 9.98. The molecule has 2 heterocycles. The van der Waals surface area contributed by atoms with E-state index in [1.165, 1.54) is 5.82 Å². The molecule has 2 unspecified atom stereocenters. The number of nitrogens with one attached hydrogen (secondary N) is 1. The summed E-state index contributed by atoms with van der Waals surface area (Å²) in [5.74, 6) is 1.85. The average Bonchev–Trinajstić information content (AvgIpc) is 2.52. The number of aromatic nitrogens is 2. The van der Waals surface area contributed by atoms with Gasteiger partial charge in [0, 0.05) is 12.6 Å². The summed E-state index contributed by atoms with van der Waals surface area (Å²) in [5, 5.41) is 7.67. The Kier molecular flexibility index (Phi) is 1.79. The summed E-state index contributed by atoms with van der Waals surface area (Å²) in [5.41, 5.74) is 0. The maximum absolute atomic E-state index is 4.31. The number of hydrogen-bond acceptors (Lipinski definition) is 2. The summed E-state index contributed by atoms with van der Waals surface area (Å²) in [6.07, 6.45) is 3.03. The van der Waals surface area contributed by atoms with Gasteiger partial charge < -0.3 is 5.32 Å². The first-order valence-electron chi connectivity index (χ1n) is 4.60. The van der Waals surface area contributed by atoms with E-state index in [1.54, 1.807) is 0 Å². The van der Waals surface area contributed by atoms with Crippen LogP contribution in [-0.2, 0) is 0 Å². The van der Waals surface area contributed by atoms with Crippen LogP contribution in [0.15, 0.2) is 12.3 Å². The van der Waals surface area contributed by atoms with E-state index >= 15 is 0 Å². The normalized spacial score (nSPS) is 27.8. The Balaban J connectivity index is 2.34. The van der Waals surface area contributed by atoms with E-state index in [9.17, 15) is 0 Å². The van der Waals surface area contributed by atoms with E-state index in [-0.39, 0.29) is 0 Å². The van der Waals surface area contributed by atoms with Gasteiger partial charge in [-0.2, -0.15) is 5.10 Å². The van der Waals surface area contributed by atoms with E-state index in [0.717, 1.165) is 13.0 Å². The third-order valence-corrected chi connectivity index (χ3v) is 2.66. The van der Waals surface area contributed by atoms with E-state index in [2.05, 4.69) is 28.9 Å². The number of rotatable bonds is 1. The second kappa shape index (κ2) is 2.81. The first-order chi connectivity index (χ1) is 5.83. The van der Waals surface area contributed by atoms with E-state index in [4.69, 9.17) is 0 Å². The zero-order valence-electron chi connectivity index (χ0n) is 7.62. The van der Waals surface area contributed by atoms with Gasteiger partial charge in [0.2, 0.25) is 0 Å². The molecule has 0 radical (unpaired) electrons. The van der Waals surface area contributed by atoms with Crippen LogP contribution < -0.4 is 5.32 Å². The zero-order valence-corrected chi connectivity index (χ0v) is 7.62. The van der Waals surface area contributed by atoms with Crippen LogP contribution in [0.4, 0.5) is 5.82 Å². The summed E-state index contributed by atoms with van der Waals surface area (Å²) in [6, 6.07) is 2.62. The van der Waals surface area contributed by atoms with Crippen LogP contribution in [0, 0.1) is 5.92 Å². The molecule has 3 nitrogen and oxygen atoms in total. The number of fused-ring (bicyclic) bond motifs is 1. The van der Waals surface area contributed by atoms with Crippen molar-refractivity contribution in [1.82, 2.24) is 9.78 Å². The van der Waals surface area contributed by atoms with E-state index < -0.39 is 0 Å². The van der Waals surface area contributed by atoms with Crippen molar-refractivity contribution in [2.24, 2.45) is 5.92 Å². The third kappa shape index (κ3) is 1.00. The van der Waals surface area contributed by atoms with Gasteiger partial charge in [-0.15, -0.1) is 0 Å². The maximum Gasteiger partial charge on any atom is 0.124 e. The van der Waals surface area contributed by atoms with Gasteiger partial charge in [-0.25, -0.2) is 4.68 Å². The van der Waals surface area contributed by atoms with Crippen molar-refractivity contribution in [2.45, 2.75) is 26.3 Å². The zero-order chi connectivity index (χ0) is 8.55. The Labute approximate surface area is 72.8 Å². The minimum Gasteiger partial charge on any atom is -0.370 e. The molecule has 0 spiro atoms. The van der Waals surface area contributed by atoms with Crippen molar-refractivity contribution in [3.63, 3.8) is 0 Å². The first kappa shape index (κ1) is 7.65. The number of hydrogen-bond donors (Lipinski definition) is 1. The predicted octanol–water partition coefficient (Wildman–Crippen LogP) is 1.90. The van der Waals surface area contributed by atoms with Crippen molar-refractivity contribution in [3.05, 3.63) is 12.3 Å². The Hall–Kier alpha value is -0.990. The van der Waals surface area contributed by atoms with Crippen LogP contribution in [0.25, 0.3) is 0 Å². The van der Waals surface area contributed by atoms with Gasteiger partial charge in [0.25, 0.3) is 0 Å². The molecule has 0 aliphatic carbocycles. The standard InChI is InChI=1S/C9H15N3/c1-3-8-7(2)6-10-9-4-5-11-12(8)9/h4-5,7-8,10H,3,6H2,1-2H3. The Morgan fingerprint density at radius 2 is 2.58 bits per heavy atom. The molecule has 2 rings (SSSR count). The molecule has 3 heteroatoms. The molecule has 0 aromatic carbocycles. The van der Waals surface area contributed by atoms with Crippen LogP contribution in [0.2, 0.25) is 0 Å². The fourth-order valence-electron chi connectivity index (χ4n) is 1.94. The average molecular weight is 165 g/mol. The lowest BCUT2D eigenvalue weighted by molar-refractivity contribution is 0.313. The fourth-order valence-corrected chi connectivity index (χ4v) is 1.94. The van der Waals surface area contributed by atoms with Gasteiger partial charge in [-0.3, -0.25) is 0 Å². The van der Waals surface area contributed by atoms with Gasteiger partial charge in [0.05, 0.1) is 12.2 Å². The number of anilines is 1. The molecule has 0 amide bonds. The number of nitrogens with zero attached hydrogens (tertiary/aromatic N) is 2. The summed E-state index contributed by atoms with van der Waals surface area (Å²) < 4.78 is 2.11. The Bertz CT molecular complexity index is 266. The largest absolute Gasteiger partial charge is 0.370 e. The molecule has 0 saturated heterocycles. The predicted molar refractivity (Wildman–Crippen MR) is 49.2 cm³/mol. The monoisotopic (exact) mass is 165 g/mol. The fraction of sp³-hybridized carbons (Fsp3) is 0.667. The van der Waals surface area contributed by atoms with Crippen molar-refractivity contribution in [2.75, 3.05) is 11.9 Å². The van der Waals surface area contributed by atoms with Crippen LogP contribution in [0.5, 0.6) is 0 Å². The smallest absolute Gasteiger partial charge is 0.124 e. The topological polar surface area (TPSA) is 29.9 Å². The molecular weight excluding hydrogens is 150 g/mol. The van der Waals surface area contributed by atoms with Gasteiger partial charge >= 0.3 is 0 Å². The lowest BCUT2D eigenvalue weighted by Gasteiger charge is -2.30. The minimum absolute atomic E-state index is 0.580. The van der Waals surface area contributed by atoms with Crippen molar-refractivity contribution in [1.29, 1.82) is 0 Å². The molecule has 1 N–H and O–H groups in total. The highest BCUT2D eigenvalue weighted by atomic mass is 15.4. The van der Waals surface area contributed by atoms with Gasteiger partial charge in [0.15, 0.2) is 0 Å². The first-order valence-corrected chi connectivity index (χ1v) is 4.60. The van der Waals surface area contributed by atoms with Gasteiger partial charge in [0.1, 0.15) is 5.82 Å². The molecular formula is C9H15N3. The van der Waals surface area contributed by atoms with Crippen molar-refractivity contribution < 1.29 is 0 Å². The second-order valence-corrected chi connectivity index (χ2v) is 3.49. The van der Waals surface area contributed by atoms with Crippen LogP contribution in [-0.4, -0.2) is 16.3 Å². The van der Waals surface area contributed by atoms with Crippen LogP contribution >= 0.6 is 0 Å². The van der Waals surface area contributed by atoms with Crippen molar-refractivity contribution in [3.8, 4) is 0 Å². The Morgan fingerprint density at radius 1 is 1.75 bits per heavy atom. The molecule has 1 aliphatic rings. The minimum atomic E-state index is 0.580.